The first kappa shape index (κ1) is 10.9. The Morgan fingerprint density at radius 3 is 2.69 bits per heavy atom. The third-order valence-electron chi connectivity index (χ3n) is 2.24. The van der Waals surface area contributed by atoms with E-state index < -0.39 is 11.2 Å². The number of rotatable bonds is 4. The van der Waals surface area contributed by atoms with Crippen LogP contribution < -0.4 is 11.2 Å². The average molecular weight is 243 g/mol. The summed E-state index contributed by atoms with van der Waals surface area (Å²) in [5.74, 6) is 1.30. The Balaban J connectivity index is 2.33. The van der Waals surface area contributed by atoms with Gasteiger partial charge in [0.1, 0.15) is 11.3 Å². The highest BCUT2D eigenvalue weighted by Crippen LogP contribution is 2.05. The second kappa shape index (κ2) is 4.52. The van der Waals surface area contributed by atoms with Crippen LogP contribution in [0.5, 0.6) is 0 Å². The van der Waals surface area contributed by atoms with Crippen LogP contribution in [0.15, 0.2) is 9.59 Å². The summed E-state index contributed by atoms with van der Waals surface area (Å²) in [6, 6.07) is 0. The van der Waals surface area contributed by atoms with E-state index in [1.165, 1.54) is 0 Å². The van der Waals surface area contributed by atoms with E-state index in [4.69, 9.17) is 11.6 Å². The molecule has 16 heavy (non-hydrogen) atoms. The molecule has 0 aliphatic heterocycles. The van der Waals surface area contributed by atoms with Crippen molar-refractivity contribution in [2.45, 2.75) is 19.3 Å². The van der Waals surface area contributed by atoms with Crippen LogP contribution in [0.1, 0.15) is 18.7 Å². The lowest BCUT2D eigenvalue weighted by Crippen LogP contribution is -2.21. The number of H-pyrrole nitrogens is 3. The summed E-state index contributed by atoms with van der Waals surface area (Å²) in [6.07, 6.45) is 2.50. The summed E-state index contributed by atoms with van der Waals surface area (Å²) in [5, 5.41) is 0. The van der Waals surface area contributed by atoms with Gasteiger partial charge in [0.15, 0.2) is 5.65 Å². The zero-order valence-corrected chi connectivity index (χ0v) is 9.23. The lowest BCUT2D eigenvalue weighted by molar-refractivity contribution is 0.768. The van der Waals surface area contributed by atoms with Crippen LogP contribution in [0.4, 0.5) is 0 Å². The molecule has 3 N–H and O–H groups in total. The van der Waals surface area contributed by atoms with Crippen molar-refractivity contribution in [3.63, 3.8) is 0 Å². The third kappa shape index (κ3) is 2.16. The molecule has 0 aromatic carbocycles. The summed E-state index contributed by atoms with van der Waals surface area (Å²) in [5.41, 5.74) is -0.388. The molecule has 7 heteroatoms. The van der Waals surface area contributed by atoms with Crippen molar-refractivity contribution in [1.29, 1.82) is 0 Å². The van der Waals surface area contributed by atoms with Crippen molar-refractivity contribution in [3.8, 4) is 0 Å². The van der Waals surface area contributed by atoms with E-state index in [1.54, 1.807) is 0 Å². The van der Waals surface area contributed by atoms with E-state index in [1.807, 2.05) is 0 Å². The Morgan fingerprint density at radius 2 is 1.94 bits per heavy atom. The van der Waals surface area contributed by atoms with Crippen LogP contribution in [0.3, 0.4) is 0 Å². The SMILES string of the molecule is O=c1[nH]c(=O)c2[nH]c(CCCCCl)nc2[nH]1. The lowest BCUT2D eigenvalue weighted by atomic mass is 10.2. The molecule has 0 spiro atoms. The predicted octanol–water partition coefficient (Wildman–Crippen LogP) is 0.501. The maximum absolute atomic E-state index is 11.4. The monoisotopic (exact) mass is 242 g/mol. The molecule has 2 aromatic heterocycles. The fourth-order valence-electron chi connectivity index (χ4n) is 1.49. The number of aromatic nitrogens is 4. The van der Waals surface area contributed by atoms with E-state index in [2.05, 4.69) is 19.9 Å². The van der Waals surface area contributed by atoms with Gasteiger partial charge in [-0.25, -0.2) is 9.78 Å². The van der Waals surface area contributed by atoms with Crippen molar-refractivity contribution in [2.75, 3.05) is 5.88 Å². The Hall–Kier alpha value is -1.56. The van der Waals surface area contributed by atoms with Crippen molar-refractivity contribution >= 4 is 22.8 Å². The van der Waals surface area contributed by atoms with Crippen molar-refractivity contribution in [1.82, 2.24) is 19.9 Å². The second-order valence-electron chi connectivity index (χ2n) is 3.46. The fourth-order valence-corrected chi connectivity index (χ4v) is 1.68. The number of nitrogens with zero attached hydrogens (tertiary/aromatic N) is 1. The molecule has 0 unspecified atom stereocenters. The van der Waals surface area contributed by atoms with E-state index >= 15 is 0 Å². The molecule has 86 valence electrons. The summed E-state index contributed by atoms with van der Waals surface area (Å²) in [6.45, 7) is 0. The van der Waals surface area contributed by atoms with Gasteiger partial charge in [-0.05, 0) is 12.8 Å². The summed E-state index contributed by atoms with van der Waals surface area (Å²) in [7, 11) is 0. The highest BCUT2D eigenvalue weighted by Gasteiger charge is 2.06. The summed E-state index contributed by atoms with van der Waals surface area (Å²) < 4.78 is 0. The minimum absolute atomic E-state index is 0.301. The molecule has 0 saturated carbocycles. The van der Waals surface area contributed by atoms with Crippen molar-refractivity contribution in [3.05, 3.63) is 26.7 Å². The number of aromatic amines is 3. The minimum Gasteiger partial charge on any atom is -0.336 e. The van der Waals surface area contributed by atoms with Crippen LogP contribution >= 0.6 is 11.6 Å². The molecule has 0 amide bonds. The Kier molecular flexibility index (Phi) is 3.09. The van der Waals surface area contributed by atoms with Gasteiger partial charge in [-0.2, -0.15) is 0 Å². The Bertz CT molecular complexity index is 597. The van der Waals surface area contributed by atoms with Gasteiger partial charge in [0, 0.05) is 12.3 Å². The van der Waals surface area contributed by atoms with Gasteiger partial charge in [-0.15, -0.1) is 11.6 Å². The molecule has 0 fully saturated rings. The fraction of sp³-hybridized carbons (Fsp3) is 0.444. The van der Waals surface area contributed by atoms with Crippen LogP contribution in [0.25, 0.3) is 11.2 Å². The highest BCUT2D eigenvalue weighted by molar-refractivity contribution is 6.17. The molecule has 0 radical (unpaired) electrons. The van der Waals surface area contributed by atoms with Gasteiger partial charge in [0.05, 0.1) is 0 Å². The first-order chi connectivity index (χ1) is 7.70. The number of halogens is 1. The van der Waals surface area contributed by atoms with Gasteiger partial charge < -0.3 is 4.98 Å². The summed E-state index contributed by atoms with van der Waals surface area (Å²) in [4.78, 5) is 34.0. The topological polar surface area (TPSA) is 94.4 Å². The van der Waals surface area contributed by atoms with Crippen molar-refractivity contribution < 1.29 is 0 Å². The van der Waals surface area contributed by atoms with Crippen LogP contribution in [0.2, 0.25) is 0 Å². The van der Waals surface area contributed by atoms with Crippen LogP contribution in [0, 0.1) is 0 Å². The maximum atomic E-state index is 11.4. The van der Waals surface area contributed by atoms with Crippen LogP contribution in [-0.4, -0.2) is 25.8 Å². The van der Waals surface area contributed by atoms with E-state index in [0.717, 1.165) is 12.8 Å². The van der Waals surface area contributed by atoms with Gasteiger partial charge >= 0.3 is 5.69 Å². The molecule has 0 atom stereocenters. The zero-order valence-electron chi connectivity index (χ0n) is 8.47. The number of imidazole rings is 1. The first-order valence-electron chi connectivity index (χ1n) is 4.98. The average Bonchev–Trinajstić information content (AvgIpc) is 2.61. The zero-order chi connectivity index (χ0) is 11.5. The largest absolute Gasteiger partial charge is 0.336 e. The lowest BCUT2D eigenvalue weighted by Gasteiger charge is -1.92. The van der Waals surface area contributed by atoms with E-state index in [9.17, 15) is 9.59 Å². The van der Waals surface area contributed by atoms with E-state index in [0.29, 0.717) is 29.3 Å². The third-order valence-corrected chi connectivity index (χ3v) is 2.50. The molecule has 6 nitrogen and oxygen atoms in total. The van der Waals surface area contributed by atoms with Gasteiger partial charge in [-0.1, -0.05) is 0 Å². The number of alkyl halides is 1. The number of unbranched alkanes of at least 4 members (excludes halogenated alkanes) is 1. The van der Waals surface area contributed by atoms with Gasteiger partial charge in [0.2, 0.25) is 0 Å². The predicted molar refractivity (Wildman–Crippen MR) is 61.0 cm³/mol. The second-order valence-corrected chi connectivity index (χ2v) is 3.84. The minimum atomic E-state index is -0.545. The maximum Gasteiger partial charge on any atom is 0.327 e. The molecule has 0 saturated heterocycles. The normalized spacial score (nSPS) is 11.1. The highest BCUT2D eigenvalue weighted by atomic mass is 35.5. The standard InChI is InChI=1S/C9H11ClN4O2/c10-4-2-1-3-5-11-6-7(12-5)13-9(16)14-8(6)15/h1-4H2,(H3,11,12,13,14,15,16). The molecule has 0 bridgehead atoms. The molecule has 0 aliphatic carbocycles. The smallest absolute Gasteiger partial charge is 0.327 e. The molecular formula is C9H11ClN4O2. The quantitative estimate of drug-likeness (QED) is 0.538. The number of fused-ring (bicyclic) bond motifs is 1. The first-order valence-corrected chi connectivity index (χ1v) is 5.51. The molecular weight excluding hydrogens is 232 g/mol. The van der Waals surface area contributed by atoms with Gasteiger partial charge in [-0.3, -0.25) is 14.8 Å². The van der Waals surface area contributed by atoms with E-state index in [-0.39, 0.29) is 0 Å². The van der Waals surface area contributed by atoms with Gasteiger partial charge in [0.25, 0.3) is 5.56 Å². The number of hydrogen-bond donors (Lipinski definition) is 3. The molecule has 2 aromatic rings. The number of nitrogens with one attached hydrogen (secondary N) is 3. The Labute approximate surface area is 95.1 Å². The molecule has 2 rings (SSSR count). The number of hydrogen-bond acceptors (Lipinski definition) is 3. The van der Waals surface area contributed by atoms with Crippen LogP contribution in [-0.2, 0) is 6.42 Å². The molecule has 0 aliphatic rings. The van der Waals surface area contributed by atoms with Crippen molar-refractivity contribution in [2.24, 2.45) is 0 Å². The summed E-state index contributed by atoms with van der Waals surface area (Å²) >= 11 is 5.56. The number of aryl methyl sites for hydroxylation is 1. The molecule has 2 heterocycles. The Morgan fingerprint density at radius 1 is 1.12 bits per heavy atom.